The Labute approximate surface area is 147 Å². The van der Waals surface area contributed by atoms with Crippen LogP contribution in [-0.4, -0.2) is 38.7 Å². The molecule has 0 fully saturated rings. The summed E-state index contributed by atoms with van der Waals surface area (Å²) in [5.41, 5.74) is 1.47. The van der Waals surface area contributed by atoms with Crippen LogP contribution in [0.5, 0.6) is 5.75 Å². The second-order valence-electron chi connectivity index (χ2n) is 5.56. The molecule has 1 amide bonds. The summed E-state index contributed by atoms with van der Waals surface area (Å²) in [5, 5.41) is 2.79. The summed E-state index contributed by atoms with van der Waals surface area (Å²) in [7, 11) is -1.84. The second kappa shape index (κ2) is 7.98. The standard InChI is InChI=1S/C17H21N3O4S/c1-13(17(21)19-12-14-8-10-18-11-9-14)24-16-6-4-15(5-7-16)20(2)25(3,22)23/h4-11,13H,12H2,1-3H3,(H,19,21)/t13-/m1/s1. The highest BCUT2D eigenvalue weighted by atomic mass is 32.2. The molecule has 0 radical (unpaired) electrons. The van der Waals surface area contributed by atoms with Crippen LogP contribution in [0.1, 0.15) is 12.5 Å². The van der Waals surface area contributed by atoms with E-state index in [0.29, 0.717) is 18.0 Å². The Hall–Kier alpha value is -2.61. The van der Waals surface area contributed by atoms with E-state index >= 15 is 0 Å². The first-order valence-corrected chi connectivity index (χ1v) is 9.49. The summed E-state index contributed by atoms with van der Waals surface area (Å²) in [6.45, 7) is 2.05. The van der Waals surface area contributed by atoms with Gasteiger partial charge >= 0.3 is 0 Å². The summed E-state index contributed by atoms with van der Waals surface area (Å²) in [4.78, 5) is 16.0. The zero-order valence-corrected chi connectivity index (χ0v) is 15.2. The molecule has 0 spiro atoms. The molecule has 2 rings (SSSR count). The van der Waals surface area contributed by atoms with Crippen LogP contribution in [0.3, 0.4) is 0 Å². The quantitative estimate of drug-likeness (QED) is 0.806. The fraction of sp³-hybridized carbons (Fsp3) is 0.294. The molecular formula is C17H21N3O4S. The molecule has 1 N–H and O–H groups in total. The fourth-order valence-corrected chi connectivity index (χ4v) is 2.52. The maximum absolute atomic E-state index is 12.1. The fourth-order valence-electron chi connectivity index (χ4n) is 2.02. The zero-order valence-electron chi connectivity index (χ0n) is 14.3. The Bertz CT molecular complexity index is 808. The smallest absolute Gasteiger partial charge is 0.261 e. The van der Waals surface area contributed by atoms with Crippen molar-refractivity contribution >= 4 is 21.6 Å². The SMILES string of the molecule is C[C@@H](Oc1ccc(N(C)S(C)(=O)=O)cc1)C(=O)NCc1ccncc1. The summed E-state index contributed by atoms with van der Waals surface area (Å²) in [5.74, 6) is 0.242. The van der Waals surface area contributed by atoms with Gasteiger partial charge in [-0.15, -0.1) is 0 Å². The molecule has 0 aliphatic carbocycles. The predicted molar refractivity (Wildman–Crippen MR) is 95.9 cm³/mol. The molecule has 1 heterocycles. The number of anilines is 1. The monoisotopic (exact) mass is 363 g/mol. The maximum Gasteiger partial charge on any atom is 0.261 e. The average Bonchev–Trinajstić information content (AvgIpc) is 2.59. The van der Waals surface area contributed by atoms with Crippen molar-refractivity contribution < 1.29 is 17.9 Å². The number of ether oxygens (including phenoxy) is 1. The summed E-state index contributed by atoms with van der Waals surface area (Å²) in [6.07, 6.45) is 3.78. The van der Waals surface area contributed by atoms with E-state index in [4.69, 9.17) is 4.74 Å². The predicted octanol–water partition coefficient (Wildman–Crippen LogP) is 1.56. The molecule has 0 unspecified atom stereocenters. The van der Waals surface area contributed by atoms with Crippen molar-refractivity contribution in [2.75, 3.05) is 17.6 Å². The number of pyridine rings is 1. The van der Waals surface area contributed by atoms with Gasteiger partial charge in [-0.1, -0.05) is 0 Å². The minimum absolute atomic E-state index is 0.242. The number of carbonyl (C=O) groups is 1. The molecule has 25 heavy (non-hydrogen) atoms. The molecular weight excluding hydrogens is 342 g/mol. The van der Waals surface area contributed by atoms with E-state index in [2.05, 4.69) is 10.3 Å². The molecule has 8 heteroatoms. The van der Waals surface area contributed by atoms with Gasteiger partial charge in [-0.25, -0.2) is 8.42 Å². The Morgan fingerprint density at radius 3 is 2.36 bits per heavy atom. The number of amides is 1. The Kier molecular flexibility index (Phi) is 5.97. The van der Waals surface area contributed by atoms with Gasteiger partial charge < -0.3 is 10.1 Å². The number of nitrogens with zero attached hydrogens (tertiary/aromatic N) is 2. The molecule has 134 valence electrons. The number of sulfonamides is 1. The number of aromatic nitrogens is 1. The van der Waals surface area contributed by atoms with E-state index in [1.54, 1.807) is 43.6 Å². The van der Waals surface area contributed by atoms with Crippen LogP contribution < -0.4 is 14.4 Å². The van der Waals surface area contributed by atoms with Crippen LogP contribution in [0.15, 0.2) is 48.8 Å². The van der Waals surface area contributed by atoms with E-state index in [1.807, 2.05) is 12.1 Å². The number of hydrogen-bond donors (Lipinski definition) is 1. The molecule has 0 bridgehead atoms. The zero-order chi connectivity index (χ0) is 18.4. The van der Waals surface area contributed by atoms with Crippen molar-refractivity contribution in [2.24, 2.45) is 0 Å². The lowest BCUT2D eigenvalue weighted by atomic mass is 10.2. The van der Waals surface area contributed by atoms with Crippen LogP contribution in [0.4, 0.5) is 5.69 Å². The second-order valence-corrected chi connectivity index (χ2v) is 7.57. The third kappa shape index (κ3) is 5.46. The number of nitrogens with one attached hydrogen (secondary N) is 1. The van der Waals surface area contributed by atoms with E-state index in [-0.39, 0.29) is 5.91 Å². The molecule has 1 atom stereocenters. The highest BCUT2D eigenvalue weighted by Gasteiger charge is 2.15. The normalized spacial score (nSPS) is 12.3. The number of benzene rings is 1. The number of carbonyl (C=O) groups excluding carboxylic acids is 1. The first-order chi connectivity index (χ1) is 11.8. The summed E-state index contributed by atoms with van der Waals surface area (Å²) in [6, 6.07) is 10.1. The summed E-state index contributed by atoms with van der Waals surface area (Å²) < 4.78 is 29.8. The van der Waals surface area contributed by atoms with Crippen molar-refractivity contribution in [1.29, 1.82) is 0 Å². The van der Waals surface area contributed by atoms with Gasteiger partial charge in [0.15, 0.2) is 6.10 Å². The van der Waals surface area contributed by atoms with Gasteiger partial charge in [-0.2, -0.15) is 0 Å². The first-order valence-electron chi connectivity index (χ1n) is 7.64. The first kappa shape index (κ1) is 18.7. The van der Waals surface area contributed by atoms with Crippen LogP contribution in [-0.2, 0) is 21.4 Å². The molecule has 7 nitrogen and oxygen atoms in total. The minimum atomic E-state index is -3.31. The van der Waals surface area contributed by atoms with Crippen LogP contribution in [0.25, 0.3) is 0 Å². The van der Waals surface area contributed by atoms with Crippen molar-refractivity contribution in [3.05, 3.63) is 54.4 Å². The molecule has 0 saturated carbocycles. The molecule has 2 aromatic rings. The molecule has 1 aromatic heterocycles. The van der Waals surface area contributed by atoms with Crippen LogP contribution in [0, 0.1) is 0 Å². The van der Waals surface area contributed by atoms with Gasteiger partial charge in [-0.05, 0) is 48.9 Å². The van der Waals surface area contributed by atoms with E-state index in [0.717, 1.165) is 11.8 Å². The highest BCUT2D eigenvalue weighted by molar-refractivity contribution is 7.92. The van der Waals surface area contributed by atoms with Crippen molar-refractivity contribution in [3.8, 4) is 5.75 Å². The van der Waals surface area contributed by atoms with Gasteiger partial charge in [0, 0.05) is 26.0 Å². The largest absolute Gasteiger partial charge is 0.481 e. The third-order valence-corrected chi connectivity index (χ3v) is 4.80. The van der Waals surface area contributed by atoms with Gasteiger partial charge in [0.1, 0.15) is 5.75 Å². The Morgan fingerprint density at radius 1 is 1.20 bits per heavy atom. The lowest BCUT2D eigenvalue weighted by molar-refractivity contribution is -0.127. The number of hydrogen-bond acceptors (Lipinski definition) is 5. The molecule has 1 aromatic carbocycles. The van der Waals surface area contributed by atoms with Crippen molar-refractivity contribution in [2.45, 2.75) is 19.6 Å². The Morgan fingerprint density at radius 2 is 1.80 bits per heavy atom. The van der Waals surface area contributed by atoms with E-state index < -0.39 is 16.1 Å². The maximum atomic E-state index is 12.1. The average molecular weight is 363 g/mol. The Balaban J connectivity index is 1.91. The lowest BCUT2D eigenvalue weighted by Gasteiger charge is -2.18. The van der Waals surface area contributed by atoms with E-state index in [1.165, 1.54) is 11.4 Å². The van der Waals surface area contributed by atoms with Gasteiger partial charge in [0.05, 0.1) is 11.9 Å². The van der Waals surface area contributed by atoms with Crippen molar-refractivity contribution in [3.63, 3.8) is 0 Å². The summed E-state index contributed by atoms with van der Waals surface area (Å²) >= 11 is 0. The van der Waals surface area contributed by atoms with Gasteiger partial charge in [0.25, 0.3) is 5.91 Å². The van der Waals surface area contributed by atoms with E-state index in [9.17, 15) is 13.2 Å². The molecule has 0 aliphatic rings. The lowest BCUT2D eigenvalue weighted by Crippen LogP contribution is -2.35. The van der Waals surface area contributed by atoms with Crippen LogP contribution >= 0.6 is 0 Å². The van der Waals surface area contributed by atoms with Gasteiger partial charge in [0.2, 0.25) is 10.0 Å². The van der Waals surface area contributed by atoms with Gasteiger partial charge in [-0.3, -0.25) is 14.1 Å². The van der Waals surface area contributed by atoms with Crippen molar-refractivity contribution in [1.82, 2.24) is 10.3 Å². The minimum Gasteiger partial charge on any atom is -0.481 e. The highest BCUT2D eigenvalue weighted by Crippen LogP contribution is 2.21. The molecule has 0 aliphatic heterocycles. The number of rotatable bonds is 7. The third-order valence-electron chi connectivity index (χ3n) is 3.60. The topological polar surface area (TPSA) is 88.6 Å². The van der Waals surface area contributed by atoms with Crippen LogP contribution in [0.2, 0.25) is 0 Å². The molecule has 0 saturated heterocycles.